The van der Waals surface area contributed by atoms with Gasteiger partial charge in [-0.2, -0.15) is 5.10 Å². The van der Waals surface area contributed by atoms with E-state index in [4.69, 9.17) is 4.98 Å². The van der Waals surface area contributed by atoms with Gasteiger partial charge in [0.1, 0.15) is 17.6 Å². The van der Waals surface area contributed by atoms with E-state index in [1.54, 1.807) is 6.20 Å². The van der Waals surface area contributed by atoms with Crippen LogP contribution in [0.4, 0.5) is 11.5 Å². The summed E-state index contributed by atoms with van der Waals surface area (Å²) in [7, 11) is 1.93. The number of hydrogen-bond acceptors (Lipinski definition) is 6. The molecule has 0 radical (unpaired) electrons. The van der Waals surface area contributed by atoms with Crippen molar-refractivity contribution in [3.05, 3.63) is 59.6 Å². The van der Waals surface area contributed by atoms with E-state index in [0.29, 0.717) is 18.7 Å². The Morgan fingerprint density at radius 3 is 2.68 bits per heavy atom. The Balaban J connectivity index is 0.00000272. The first-order valence-electron chi connectivity index (χ1n) is 10.2. The molecule has 8 nitrogen and oxygen atoms in total. The van der Waals surface area contributed by atoms with Gasteiger partial charge in [-0.1, -0.05) is 27.3 Å². The molecule has 0 aromatic carbocycles. The van der Waals surface area contributed by atoms with Crippen LogP contribution in [-0.4, -0.2) is 43.7 Å². The SMILES string of the molecule is C.Cc1nc(CCc2cnn(Cc3cccnc3)c2)nc2c1NC(=O)[C@H](C(C)C)N2C. The molecule has 4 rings (SSSR count). The molecule has 1 aliphatic rings. The average Bonchev–Trinajstić information content (AvgIpc) is 3.15. The Labute approximate surface area is 183 Å². The van der Waals surface area contributed by atoms with Crippen LogP contribution in [0.1, 0.15) is 43.9 Å². The van der Waals surface area contributed by atoms with Crippen molar-refractivity contribution in [2.24, 2.45) is 5.92 Å². The highest BCUT2D eigenvalue weighted by atomic mass is 16.2. The average molecular weight is 422 g/mol. The lowest BCUT2D eigenvalue weighted by Gasteiger charge is -2.36. The number of anilines is 2. The maximum absolute atomic E-state index is 12.5. The van der Waals surface area contributed by atoms with Crippen molar-refractivity contribution in [2.45, 2.75) is 53.6 Å². The number of fused-ring (bicyclic) bond motifs is 1. The van der Waals surface area contributed by atoms with Gasteiger partial charge in [0.15, 0.2) is 5.82 Å². The standard InChI is InChI=1S/C22H27N7O.CH4/c1-14(2)20-22(30)27-19-15(3)25-18(26-21(19)28(20)4)8-7-17-11-24-29(13-17)12-16-6-5-9-23-10-16;/h5-6,9-11,13-14,20H,7-8,12H2,1-4H3,(H,27,30);1H4/t20-;/m0./s1. The second-order valence-electron chi connectivity index (χ2n) is 8.12. The van der Waals surface area contributed by atoms with E-state index < -0.39 is 0 Å². The highest BCUT2D eigenvalue weighted by Gasteiger charge is 2.35. The van der Waals surface area contributed by atoms with E-state index in [2.05, 4.69) is 26.6 Å². The summed E-state index contributed by atoms with van der Waals surface area (Å²) < 4.78 is 1.92. The molecule has 1 aliphatic heterocycles. The van der Waals surface area contributed by atoms with Gasteiger partial charge in [-0.15, -0.1) is 0 Å². The smallest absolute Gasteiger partial charge is 0.247 e. The van der Waals surface area contributed by atoms with Crippen LogP contribution in [0.15, 0.2) is 36.9 Å². The van der Waals surface area contributed by atoms with Crippen molar-refractivity contribution < 1.29 is 4.79 Å². The Morgan fingerprint density at radius 1 is 1.16 bits per heavy atom. The Morgan fingerprint density at radius 2 is 1.97 bits per heavy atom. The maximum atomic E-state index is 12.5. The third kappa shape index (κ3) is 4.73. The zero-order chi connectivity index (χ0) is 21.3. The van der Waals surface area contributed by atoms with Gasteiger partial charge in [0, 0.05) is 32.1 Å². The van der Waals surface area contributed by atoms with Gasteiger partial charge in [0.2, 0.25) is 5.91 Å². The molecule has 0 bridgehead atoms. The number of amides is 1. The second-order valence-corrected chi connectivity index (χ2v) is 8.12. The molecule has 0 fully saturated rings. The molecule has 8 heteroatoms. The molecule has 3 aromatic rings. The zero-order valence-electron chi connectivity index (χ0n) is 17.8. The van der Waals surface area contributed by atoms with E-state index in [-0.39, 0.29) is 25.3 Å². The van der Waals surface area contributed by atoms with Crippen LogP contribution in [0.5, 0.6) is 0 Å². The first kappa shape index (κ1) is 22.4. The number of aryl methyl sites for hydroxylation is 3. The third-order valence-corrected chi connectivity index (χ3v) is 5.41. The maximum Gasteiger partial charge on any atom is 0.247 e. The Hall–Kier alpha value is -3.29. The van der Waals surface area contributed by atoms with Crippen LogP contribution in [0.3, 0.4) is 0 Å². The molecule has 1 N–H and O–H groups in total. The van der Waals surface area contributed by atoms with Crippen LogP contribution >= 0.6 is 0 Å². The predicted octanol–water partition coefficient (Wildman–Crippen LogP) is 3.26. The van der Waals surface area contributed by atoms with Crippen molar-refractivity contribution >= 4 is 17.4 Å². The number of carbonyl (C=O) groups excluding carboxylic acids is 1. The molecular weight excluding hydrogens is 390 g/mol. The summed E-state index contributed by atoms with van der Waals surface area (Å²) >= 11 is 0. The van der Waals surface area contributed by atoms with Crippen molar-refractivity contribution in [2.75, 3.05) is 17.3 Å². The van der Waals surface area contributed by atoms with Crippen LogP contribution in [0.2, 0.25) is 0 Å². The number of likely N-dealkylation sites (N-methyl/N-ethyl adjacent to an activating group) is 1. The van der Waals surface area contributed by atoms with Crippen LogP contribution in [0, 0.1) is 12.8 Å². The fourth-order valence-electron chi connectivity index (χ4n) is 3.94. The minimum absolute atomic E-state index is 0. The normalized spacial score (nSPS) is 15.5. The van der Waals surface area contributed by atoms with Gasteiger partial charge in [-0.3, -0.25) is 14.5 Å². The number of pyridine rings is 1. The molecule has 1 amide bonds. The topological polar surface area (TPSA) is 88.8 Å². The minimum Gasteiger partial charge on any atom is -0.346 e. The fourth-order valence-corrected chi connectivity index (χ4v) is 3.94. The monoisotopic (exact) mass is 421 g/mol. The van der Waals surface area contributed by atoms with E-state index in [1.165, 1.54) is 0 Å². The number of nitrogens with one attached hydrogen (secondary N) is 1. The summed E-state index contributed by atoms with van der Waals surface area (Å²) in [6.45, 7) is 6.71. The molecule has 0 spiro atoms. The van der Waals surface area contributed by atoms with Crippen LogP contribution in [0.25, 0.3) is 0 Å². The second kappa shape index (κ2) is 9.24. The number of nitrogens with zero attached hydrogens (tertiary/aromatic N) is 6. The largest absolute Gasteiger partial charge is 0.346 e. The van der Waals surface area contributed by atoms with Crippen LogP contribution in [-0.2, 0) is 24.2 Å². The molecule has 0 saturated carbocycles. The van der Waals surface area contributed by atoms with Crippen molar-refractivity contribution in [3.8, 4) is 0 Å². The van der Waals surface area contributed by atoms with Gasteiger partial charge >= 0.3 is 0 Å². The molecule has 31 heavy (non-hydrogen) atoms. The third-order valence-electron chi connectivity index (χ3n) is 5.41. The molecule has 4 heterocycles. The Bertz CT molecular complexity index is 1050. The molecule has 3 aromatic heterocycles. The quantitative estimate of drug-likeness (QED) is 0.657. The van der Waals surface area contributed by atoms with E-state index >= 15 is 0 Å². The number of rotatable bonds is 6. The summed E-state index contributed by atoms with van der Waals surface area (Å²) in [5, 5.41) is 7.45. The van der Waals surface area contributed by atoms with E-state index in [1.807, 2.05) is 61.9 Å². The van der Waals surface area contributed by atoms with E-state index in [0.717, 1.165) is 34.9 Å². The fraction of sp³-hybridized carbons (Fsp3) is 0.435. The van der Waals surface area contributed by atoms with Gasteiger partial charge in [0.25, 0.3) is 0 Å². The minimum atomic E-state index is -0.231. The highest BCUT2D eigenvalue weighted by Crippen LogP contribution is 2.33. The first-order chi connectivity index (χ1) is 14.4. The summed E-state index contributed by atoms with van der Waals surface area (Å²) in [5.74, 6) is 1.76. The van der Waals surface area contributed by atoms with Crippen molar-refractivity contribution in [1.82, 2.24) is 24.7 Å². The summed E-state index contributed by atoms with van der Waals surface area (Å²) in [6, 6.07) is 3.74. The lowest BCUT2D eigenvalue weighted by molar-refractivity contribution is -0.118. The summed E-state index contributed by atoms with van der Waals surface area (Å²) in [4.78, 5) is 28.0. The lowest BCUT2D eigenvalue weighted by atomic mass is 9.99. The van der Waals surface area contributed by atoms with Gasteiger partial charge in [-0.25, -0.2) is 9.97 Å². The molecular formula is C23H31N7O. The summed E-state index contributed by atoms with van der Waals surface area (Å²) in [6.07, 6.45) is 9.08. The Kier molecular flexibility index (Phi) is 6.68. The number of hydrogen-bond donors (Lipinski definition) is 1. The predicted molar refractivity (Wildman–Crippen MR) is 122 cm³/mol. The highest BCUT2D eigenvalue weighted by molar-refractivity contribution is 6.03. The molecule has 164 valence electrons. The lowest BCUT2D eigenvalue weighted by Crippen LogP contribution is -2.49. The zero-order valence-corrected chi connectivity index (χ0v) is 17.8. The van der Waals surface area contributed by atoms with Gasteiger partial charge < -0.3 is 10.2 Å². The first-order valence-corrected chi connectivity index (χ1v) is 10.2. The molecule has 1 atom stereocenters. The van der Waals surface area contributed by atoms with Crippen LogP contribution < -0.4 is 10.2 Å². The number of carbonyl (C=O) groups is 1. The molecule has 0 aliphatic carbocycles. The molecule has 0 saturated heterocycles. The molecule has 0 unspecified atom stereocenters. The van der Waals surface area contributed by atoms with Crippen molar-refractivity contribution in [1.29, 1.82) is 0 Å². The number of aromatic nitrogens is 5. The van der Waals surface area contributed by atoms with E-state index in [9.17, 15) is 4.79 Å². The van der Waals surface area contributed by atoms with Gasteiger partial charge in [-0.05, 0) is 36.5 Å². The van der Waals surface area contributed by atoms with Gasteiger partial charge in [0.05, 0.1) is 18.4 Å². The summed E-state index contributed by atoms with van der Waals surface area (Å²) in [5.41, 5.74) is 3.77. The van der Waals surface area contributed by atoms with Crippen molar-refractivity contribution in [3.63, 3.8) is 0 Å².